The summed E-state index contributed by atoms with van der Waals surface area (Å²) in [4.78, 5) is 0. The lowest BCUT2D eigenvalue weighted by Crippen LogP contribution is -2.50. The van der Waals surface area contributed by atoms with E-state index in [1.54, 1.807) is 0 Å². The molecular weight excluding hydrogens is 257 g/mol. The molecule has 0 aliphatic carbocycles. The van der Waals surface area contributed by atoms with E-state index in [-0.39, 0.29) is 11.9 Å². The van der Waals surface area contributed by atoms with Crippen LogP contribution in [0.5, 0.6) is 5.75 Å². The third-order valence-electron chi connectivity index (χ3n) is 2.62. The normalized spacial score (nSPS) is 17.4. The van der Waals surface area contributed by atoms with E-state index in [2.05, 4.69) is 5.32 Å². The van der Waals surface area contributed by atoms with Crippen LogP contribution < -0.4 is 10.1 Å². The number of alkyl halides is 5. The van der Waals surface area contributed by atoms with Crippen LogP contribution in [0, 0.1) is 0 Å². The molecular formula is C11H10F5NO. The summed E-state index contributed by atoms with van der Waals surface area (Å²) < 4.78 is 67.5. The molecule has 0 atom stereocenters. The van der Waals surface area contributed by atoms with Crippen LogP contribution in [0.2, 0.25) is 0 Å². The smallest absolute Gasteiger partial charge is 0.458 e. The van der Waals surface area contributed by atoms with Crippen molar-refractivity contribution in [2.75, 3.05) is 13.1 Å². The highest BCUT2D eigenvalue weighted by Gasteiger charge is 2.58. The number of ether oxygens (including phenoxy) is 1. The van der Waals surface area contributed by atoms with Crippen LogP contribution >= 0.6 is 0 Å². The molecule has 1 aromatic rings. The van der Waals surface area contributed by atoms with E-state index >= 15 is 0 Å². The predicted octanol–water partition coefficient (Wildman–Crippen LogP) is 2.69. The minimum atomic E-state index is -5.59. The van der Waals surface area contributed by atoms with Crippen LogP contribution in [0.3, 0.4) is 0 Å². The van der Waals surface area contributed by atoms with Gasteiger partial charge >= 0.3 is 12.1 Å². The van der Waals surface area contributed by atoms with Crippen LogP contribution in [0.1, 0.15) is 5.56 Å². The largest absolute Gasteiger partial charge is 0.488 e. The molecule has 1 saturated heterocycles. The number of nitrogens with one attached hydrogen (secondary N) is 1. The first kappa shape index (κ1) is 13.1. The first-order valence-electron chi connectivity index (χ1n) is 5.23. The molecule has 0 saturated carbocycles. The lowest BCUT2D eigenvalue weighted by atomic mass is 10.1. The Kier molecular flexibility index (Phi) is 3.18. The van der Waals surface area contributed by atoms with Gasteiger partial charge in [-0.05, 0) is 24.3 Å². The molecule has 1 N–H and O–H groups in total. The Hall–Kier alpha value is -1.37. The molecule has 1 fully saturated rings. The number of halogens is 5. The maximum Gasteiger partial charge on any atom is 0.458 e. The zero-order valence-electron chi connectivity index (χ0n) is 9.10. The molecule has 0 amide bonds. The van der Waals surface area contributed by atoms with Crippen molar-refractivity contribution in [2.45, 2.75) is 18.2 Å². The van der Waals surface area contributed by atoms with Crippen LogP contribution in [0.4, 0.5) is 22.0 Å². The third-order valence-corrected chi connectivity index (χ3v) is 2.62. The van der Waals surface area contributed by atoms with Gasteiger partial charge in [-0.25, -0.2) is 0 Å². The molecule has 2 nitrogen and oxygen atoms in total. The fourth-order valence-electron chi connectivity index (χ4n) is 1.44. The molecule has 1 heterocycles. The second-order valence-corrected chi connectivity index (χ2v) is 3.99. The molecule has 0 radical (unpaired) electrons. The van der Waals surface area contributed by atoms with Crippen molar-refractivity contribution in [3.05, 3.63) is 29.8 Å². The Balaban J connectivity index is 2.11. The van der Waals surface area contributed by atoms with Crippen LogP contribution in [-0.2, 0) is 5.92 Å². The Morgan fingerprint density at radius 2 is 1.56 bits per heavy atom. The summed E-state index contributed by atoms with van der Waals surface area (Å²) in [6.07, 6.45) is -5.65. The summed E-state index contributed by atoms with van der Waals surface area (Å²) in [5.74, 6) is -4.56. The molecule has 2 rings (SSSR count). The van der Waals surface area contributed by atoms with Crippen molar-refractivity contribution in [2.24, 2.45) is 0 Å². The minimum Gasteiger partial charge on any atom is -0.488 e. The summed E-state index contributed by atoms with van der Waals surface area (Å²) in [6, 6.07) is 3.70. The highest BCUT2D eigenvalue weighted by Crippen LogP contribution is 2.44. The zero-order valence-corrected chi connectivity index (χ0v) is 9.10. The number of hydrogen-bond acceptors (Lipinski definition) is 2. The highest BCUT2D eigenvalue weighted by atomic mass is 19.4. The quantitative estimate of drug-likeness (QED) is 0.850. The van der Waals surface area contributed by atoms with Gasteiger partial charge in [0.05, 0.1) is 0 Å². The standard InChI is InChI=1S/C11H10F5NO/c12-10(13,11(14,15)16)7-1-3-8(4-2-7)18-9-5-17-6-9/h1-4,9,17H,5-6H2. The first-order valence-corrected chi connectivity index (χ1v) is 5.23. The van der Waals surface area contributed by atoms with E-state index < -0.39 is 17.7 Å². The second kappa shape index (κ2) is 4.38. The fourth-order valence-corrected chi connectivity index (χ4v) is 1.44. The first-order chi connectivity index (χ1) is 8.30. The van der Waals surface area contributed by atoms with E-state index in [0.717, 1.165) is 24.3 Å². The SMILES string of the molecule is FC(F)(F)C(F)(F)c1ccc(OC2CNC2)cc1. The summed E-state index contributed by atoms with van der Waals surface area (Å²) in [5.41, 5.74) is -1.09. The molecule has 0 unspecified atom stereocenters. The van der Waals surface area contributed by atoms with Gasteiger partial charge in [0.2, 0.25) is 0 Å². The van der Waals surface area contributed by atoms with Gasteiger partial charge in [-0.1, -0.05) is 0 Å². The van der Waals surface area contributed by atoms with Gasteiger partial charge in [0.25, 0.3) is 0 Å². The van der Waals surface area contributed by atoms with Crippen molar-refractivity contribution in [3.8, 4) is 5.75 Å². The van der Waals surface area contributed by atoms with Crippen molar-refractivity contribution >= 4 is 0 Å². The predicted molar refractivity (Wildman–Crippen MR) is 53.7 cm³/mol. The molecule has 0 aromatic heterocycles. The van der Waals surface area contributed by atoms with E-state index in [9.17, 15) is 22.0 Å². The zero-order chi connectivity index (χ0) is 13.4. The van der Waals surface area contributed by atoms with Gasteiger partial charge in [-0.3, -0.25) is 0 Å². The summed E-state index contributed by atoms with van der Waals surface area (Å²) in [6.45, 7) is 1.28. The lowest BCUT2D eigenvalue weighted by Gasteiger charge is -2.28. The molecule has 1 aliphatic heterocycles. The van der Waals surface area contributed by atoms with E-state index in [0.29, 0.717) is 13.1 Å². The summed E-state index contributed by atoms with van der Waals surface area (Å²) in [7, 11) is 0. The van der Waals surface area contributed by atoms with Gasteiger partial charge in [-0.15, -0.1) is 0 Å². The topological polar surface area (TPSA) is 21.3 Å². The van der Waals surface area contributed by atoms with Gasteiger partial charge in [0.1, 0.15) is 11.9 Å². The monoisotopic (exact) mass is 267 g/mol. The Morgan fingerprint density at radius 3 is 1.94 bits per heavy atom. The Labute approximate surface area is 99.7 Å². The Morgan fingerprint density at radius 1 is 1.00 bits per heavy atom. The van der Waals surface area contributed by atoms with E-state index in [1.165, 1.54) is 0 Å². The average Bonchev–Trinajstić information content (AvgIpc) is 2.22. The van der Waals surface area contributed by atoms with Crippen LogP contribution in [0.25, 0.3) is 0 Å². The van der Waals surface area contributed by atoms with Crippen molar-refractivity contribution < 1.29 is 26.7 Å². The highest BCUT2D eigenvalue weighted by molar-refractivity contribution is 5.31. The maximum absolute atomic E-state index is 13.0. The van der Waals surface area contributed by atoms with E-state index in [1.807, 2.05) is 0 Å². The van der Waals surface area contributed by atoms with Crippen molar-refractivity contribution in [1.82, 2.24) is 5.32 Å². The summed E-state index contributed by atoms with van der Waals surface area (Å²) >= 11 is 0. The van der Waals surface area contributed by atoms with Crippen LogP contribution in [-0.4, -0.2) is 25.4 Å². The van der Waals surface area contributed by atoms with Gasteiger partial charge in [0, 0.05) is 18.7 Å². The van der Waals surface area contributed by atoms with Gasteiger partial charge in [-0.2, -0.15) is 22.0 Å². The molecule has 1 aliphatic rings. The molecule has 1 aromatic carbocycles. The number of hydrogen-bond donors (Lipinski definition) is 1. The number of rotatable bonds is 3. The molecule has 100 valence electrons. The molecule has 18 heavy (non-hydrogen) atoms. The van der Waals surface area contributed by atoms with Gasteiger partial charge in [0.15, 0.2) is 0 Å². The van der Waals surface area contributed by atoms with Crippen molar-refractivity contribution in [3.63, 3.8) is 0 Å². The molecule has 0 spiro atoms. The average molecular weight is 267 g/mol. The molecule has 7 heteroatoms. The minimum absolute atomic E-state index is 0.0565. The molecule has 0 bridgehead atoms. The lowest BCUT2D eigenvalue weighted by molar-refractivity contribution is -0.289. The van der Waals surface area contributed by atoms with Crippen molar-refractivity contribution in [1.29, 1.82) is 0 Å². The third kappa shape index (κ3) is 2.40. The Bertz CT molecular complexity index is 410. The van der Waals surface area contributed by atoms with E-state index in [4.69, 9.17) is 4.74 Å². The fraction of sp³-hybridized carbons (Fsp3) is 0.455. The second-order valence-electron chi connectivity index (χ2n) is 3.99. The number of benzene rings is 1. The maximum atomic E-state index is 13.0. The van der Waals surface area contributed by atoms with Gasteiger partial charge < -0.3 is 10.1 Å². The van der Waals surface area contributed by atoms with Crippen LogP contribution in [0.15, 0.2) is 24.3 Å². The summed E-state index contributed by atoms with van der Waals surface area (Å²) in [5, 5.41) is 2.94.